The van der Waals surface area contributed by atoms with Gasteiger partial charge in [-0.25, -0.2) is 14.5 Å². The third-order valence-corrected chi connectivity index (χ3v) is 6.58. The molecule has 4 aromatic heterocycles. The molecular formula is C22H23Br2ClN6O5. The lowest BCUT2D eigenvalue weighted by molar-refractivity contribution is -0.142. The Balaban J connectivity index is 0.000000201. The molecule has 36 heavy (non-hydrogen) atoms. The van der Waals surface area contributed by atoms with Gasteiger partial charge >= 0.3 is 11.9 Å². The van der Waals surface area contributed by atoms with Crippen LogP contribution in [0.25, 0.3) is 11.3 Å². The van der Waals surface area contributed by atoms with Gasteiger partial charge in [-0.2, -0.15) is 14.7 Å². The van der Waals surface area contributed by atoms with Crippen molar-refractivity contribution in [2.45, 2.75) is 33.6 Å². The summed E-state index contributed by atoms with van der Waals surface area (Å²) in [7, 11) is 2.88. The number of halogens is 3. The number of methoxy groups -OCH3 is 2. The Kier molecular flexibility index (Phi) is 9.25. The van der Waals surface area contributed by atoms with Crippen LogP contribution in [0, 0.1) is 13.8 Å². The van der Waals surface area contributed by atoms with Crippen molar-refractivity contribution in [2.75, 3.05) is 20.8 Å². The molecule has 14 heteroatoms. The van der Waals surface area contributed by atoms with Crippen molar-refractivity contribution in [3.63, 3.8) is 0 Å². The highest BCUT2D eigenvalue weighted by molar-refractivity contribution is 9.11. The fourth-order valence-electron chi connectivity index (χ4n) is 3.34. The molecule has 0 spiro atoms. The first-order valence-corrected chi connectivity index (χ1v) is 12.6. The summed E-state index contributed by atoms with van der Waals surface area (Å²) < 4.78 is 19.5. The zero-order chi connectivity index (χ0) is 26.6. The van der Waals surface area contributed by atoms with E-state index in [-0.39, 0.29) is 24.8 Å². The highest BCUT2D eigenvalue weighted by Crippen LogP contribution is 2.27. The van der Waals surface area contributed by atoms with E-state index in [0.717, 1.165) is 8.95 Å². The number of esters is 2. The number of nitrogens with zero attached hydrogens (tertiary/aromatic N) is 6. The third kappa shape index (κ3) is 5.79. The molecule has 4 rings (SSSR count). The van der Waals surface area contributed by atoms with Gasteiger partial charge in [0.25, 0.3) is 0 Å². The molecule has 0 saturated carbocycles. The Hall–Kier alpha value is -2.77. The van der Waals surface area contributed by atoms with Gasteiger partial charge in [0.15, 0.2) is 11.3 Å². The molecule has 0 fully saturated rings. The standard InChI is InChI=1S/C11H11BrClN3O2.C11H12BrN3O3/c1-3-18-9(17)4-7-6(2)15-11-8(12)5-14-16(11)10(7)13;1-6-7(4-9(16)17-2)11(18-3)15-10(14-6)8(12)5-13-15/h5H,3-4H2,1-2H3;5H,4H2,1-3H3. The van der Waals surface area contributed by atoms with Gasteiger partial charge in [-0.3, -0.25) is 9.59 Å². The van der Waals surface area contributed by atoms with E-state index in [1.807, 2.05) is 6.92 Å². The van der Waals surface area contributed by atoms with Crippen molar-refractivity contribution in [1.82, 2.24) is 29.2 Å². The van der Waals surface area contributed by atoms with Crippen LogP contribution in [0.15, 0.2) is 21.3 Å². The first-order valence-electron chi connectivity index (χ1n) is 10.6. The lowest BCUT2D eigenvalue weighted by Gasteiger charge is -2.11. The summed E-state index contributed by atoms with van der Waals surface area (Å²) in [6.07, 6.45) is 3.44. The highest BCUT2D eigenvalue weighted by Gasteiger charge is 2.19. The van der Waals surface area contributed by atoms with Crippen LogP contribution in [-0.2, 0) is 31.9 Å². The smallest absolute Gasteiger partial charge is 0.310 e. The Morgan fingerprint density at radius 3 is 2.00 bits per heavy atom. The molecule has 11 nitrogen and oxygen atoms in total. The van der Waals surface area contributed by atoms with Crippen molar-refractivity contribution in [2.24, 2.45) is 0 Å². The van der Waals surface area contributed by atoms with Gasteiger partial charge in [0.1, 0.15) is 5.15 Å². The minimum atomic E-state index is -0.344. The van der Waals surface area contributed by atoms with E-state index in [4.69, 9.17) is 21.1 Å². The van der Waals surface area contributed by atoms with Crippen molar-refractivity contribution < 1.29 is 23.8 Å². The Morgan fingerprint density at radius 1 is 0.917 bits per heavy atom. The number of ether oxygens (including phenoxy) is 3. The van der Waals surface area contributed by atoms with Crippen LogP contribution < -0.4 is 4.74 Å². The summed E-state index contributed by atoms with van der Waals surface area (Å²) in [6, 6.07) is 0. The minimum absolute atomic E-state index is 0.0962. The fourth-order valence-corrected chi connectivity index (χ4v) is 4.36. The number of hydrogen-bond acceptors (Lipinski definition) is 9. The van der Waals surface area contributed by atoms with E-state index in [0.29, 0.717) is 51.4 Å². The number of carbonyl (C=O) groups excluding carboxylic acids is 2. The monoisotopic (exact) mass is 644 g/mol. The maximum Gasteiger partial charge on any atom is 0.310 e. The number of aromatic nitrogens is 6. The van der Waals surface area contributed by atoms with Gasteiger partial charge in [0.05, 0.1) is 55.0 Å². The van der Waals surface area contributed by atoms with Gasteiger partial charge in [-0.1, -0.05) is 11.6 Å². The van der Waals surface area contributed by atoms with Crippen LogP contribution >= 0.6 is 43.5 Å². The van der Waals surface area contributed by atoms with Gasteiger partial charge in [-0.15, -0.1) is 0 Å². The summed E-state index contributed by atoms with van der Waals surface area (Å²) >= 11 is 12.9. The molecule has 0 aromatic carbocycles. The largest absolute Gasteiger partial charge is 0.481 e. The molecule has 0 aliphatic rings. The second-order valence-electron chi connectivity index (χ2n) is 7.34. The summed E-state index contributed by atoms with van der Waals surface area (Å²) in [4.78, 5) is 31.7. The third-order valence-electron chi connectivity index (χ3n) is 5.08. The van der Waals surface area contributed by atoms with E-state index in [1.54, 1.807) is 30.8 Å². The first-order chi connectivity index (χ1) is 17.1. The quantitative estimate of drug-likeness (QED) is 0.225. The van der Waals surface area contributed by atoms with Crippen LogP contribution in [0.3, 0.4) is 0 Å². The van der Waals surface area contributed by atoms with Crippen LogP contribution in [0.5, 0.6) is 5.88 Å². The van der Waals surface area contributed by atoms with Crippen LogP contribution in [0.2, 0.25) is 5.15 Å². The van der Waals surface area contributed by atoms with Gasteiger partial charge in [0, 0.05) is 22.5 Å². The van der Waals surface area contributed by atoms with Crippen LogP contribution in [0.4, 0.5) is 0 Å². The summed E-state index contributed by atoms with van der Waals surface area (Å²) in [5.41, 5.74) is 4.00. The highest BCUT2D eigenvalue weighted by atomic mass is 79.9. The van der Waals surface area contributed by atoms with Crippen LogP contribution in [-0.4, -0.2) is 62.0 Å². The minimum Gasteiger partial charge on any atom is -0.481 e. The molecule has 0 N–H and O–H groups in total. The van der Waals surface area contributed by atoms with Gasteiger partial charge in [0.2, 0.25) is 5.88 Å². The van der Waals surface area contributed by atoms with E-state index >= 15 is 0 Å². The number of carbonyl (C=O) groups is 2. The first kappa shape index (κ1) is 27.8. The molecule has 0 aliphatic carbocycles. The summed E-state index contributed by atoms with van der Waals surface area (Å²) in [5, 5.41) is 8.64. The molecule has 0 radical (unpaired) electrons. The number of aryl methyl sites for hydroxylation is 2. The fraction of sp³-hybridized carbons (Fsp3) is 0.364. The molecule has 0 aliphatic heterocycles. The summed E-state index contributed by atoms with van der Waals surface area (Å²) in [5.74, 6) is -0.174. The van der Waals surface area contributed by atoms with Crippen molar-refractivity contribution in [3.8, 4) is 5.88 Å². The summed E-state index contributed by atoms with van der Waals surface area (Å²) in [6.45, 7) is 5.73. The number of hydrogen-bond donors (Lipinski definition) is 0. The Bertz CT molecular complexity index is 1440. The second-order valence-corrected chi connectivity index (χ2v) is 9.41. The van der Waals surface area contributed by atoms with E-state index in [1.165, 1.54) is 18.7 Å². The zero-order valence-electron chi connectivity index (χ0n) is 20.1. The second kappa shape index (κ2) is 12.0. The predicted octanol–water partition coefficient (Wildman–Crippen LogP) is 4.08. The molecule has 0 unspecified atom stereocenters. The zero-order valence-corrected chi connectivity index (χ0v) is 24.1. The molecule has 0 amide bonds. The normalized spacial score (nSPS) is 10.8. The van der Waals surface area contributed by atoms with Gasteiger partial charge < -0.3 is 14.2 Å². The van der Waals surface area contributed by atoms with Crippen molar-refractivity contribution in [1.29, 1.82) is 0 Å². The van der Waals surface area contributed by atoms with E-state index < -0.39 is 0 Å². The molecule has 192 valence electrons. The number of rotatable bonds is 6. The average Bonchev–Trinajstić information content (AvgIpc) is 3.40. The Labute approximate surface area is 228 Å². The Morgan fingerprint density at radius 2 is 1.44 bits per heavy atom. The lowest BCUT2D eigenvalue weighted by Crippen LogP contribution is -2.11. The van der Waals surface area contributed by atoms with E-state index in [2.05, 4.69) is 56.8 Å². The maximum atomic E-state index is 11.5. The lowest BCUT2D eigenvalue weighted by atomic mass is 10.1. The average molecular weight is 647 g/mol. The van der Waals surface area contributed by atoms with Crippen molar-refractivity contribution in [3.05, 3.63) is 49.0 Å². The molecule has 0 atom stereocenters. The number of fused-ring (bicyclic) bond motifs is 2. The molecular weight excluding hydrogens is 624 g/mol. The van der Waals surface area contributed by atoms with Crippen LogP contribution in [0.1, 0.15) is 29.4 Å². The molecule has 0 saturated heterocycles. The van der Waals surface area contributed by atoms with Gasteiger partial charge in [-0.05, 0) is 52.6 Å². The SMILES string of the molecule is CCOC(=O)Cc1c(C)nc2c(Br)cnn2c1Cl.COC(=O)Cc1c(C)nc2c(Br)cnn2c1OC. The van der Waals surface area contributed by atoms with E-state index in [9.17, 15) is 9.59 Å². The molecule has 4 heterocycles. The maximum absolute atomic E-state index is 11.5. The topological polar surface area (TPSA) is 122 Å². The molecule has 4 aromatic rings. The predicted molar refractivity (Wildman–Crippen MR) is 138 cm³/mol. The molecule has 0 bridgehead atoms. The van der Waals surface area contributed by atoms with Crippen molar-refractivity contribution >= 4 is 66.7 Å².